The molecule has 106 valence electrons. The number of rotatable bonds is 5. The number of thioether (sulfide) groups is 1. The first-order valence-electron chi connectivity index (χ1n) is 6.34. The number of hydrogen-bond donors (Lipinski definition) is 1. The zero-order valence-corrected chi connectivity index (χ0v) is 12.8. The highest BCUT2D eigenvalue weighted by Crippen LogP contribution is 2.33. The summed E-state index contributed by atoms with van der Waals surface area (Å²) in [6, 6.07) is 12.0. The molecule has 0 fully saturated rings. The molecule has 0 atom stereocenters. The summed E-state index contributed by atoms with van der Waals surface area (Å²) < 4.78 is 10.7. The molecule has 4 heteroatoms. The quantitative estimate of drug-likeness (QED) is 0.670. The third-order valence-corrected chi connectivity index (χ3v) is 4.18. The molecule has 2 rings (SSSR count). The van der Waals surface area contributed by atoms with Crippen molar-refractivity contribution < 1.29 is 9.47 Å². The first kappa shape index (κ1) is 14.6. The van der Waals surface area contributed by atoms with E-state index in [0.29, 0.717) is 0 Å². The maximum Gasteiger partial charge on any atom is 0.161 e. The molecule has 0 unspecified atom stereocenters. The van der Waals surface area contributed by atoms with Gasteiger partial charge in [-0.2, -0.15) is 0 Å². The SMILES string of the molecule is COc1cc(C)c(CSc2ccc(N)cc2)cc1OC. The lowest BCUT2D eigenvalue weighted by Crippen LogP contribution is -1.95. The van der Waals surface area contributed by atoms with Crippen molar-refractivity contribution in [2.24, 2.45) is 0 Å². The molecule has 0 amide bonds. The van der Waals surface area contributed by atoms with Crippen molar-refractivity contribution in [2.75, 3.05) is 20.0 Å². The highest BCUT2D eigenvalue weighted by atomic mass is 32.2. The average molecular weight is 289 g/mol. The van der Waals surface area contributed by atoms with Gasteiger partial charge in [-0.15, -0.1) is 11.8 Å². The van der Waals surface area contributed by atoms with E-state index >= 15 is 0 Å². The maximum absolute atomic E-state index is 5.69. The Kier molecular flexibility index (Phi) is 4.79. The van der Waals surface area contributed by atoms with Crippen LogP contribution >= 0.6 is 11.8 Å². The van der Waals surface area contributed by atoms with Crippen molar-refractivity contribution in [3.05, 3.63) is 47.5 Å². The van der Waals surface area contributed by atoms with Gasteiger partial charge < -0.3 is 15.2 Å². The van der Waals surface area contributed by atoms with Crippen LogP contribution in [-0.2, 0) is 5.75 Å². The van der Waals surface area contributed by atoms with Crippen LogP contribution in [0.2, 0.25) is 0 Å². The summed E-state index contributed by atoms with van der Waals surface area (Å²) in [5.41, 5.74) is 8.92. The van der Waals surface area contributed by atoms with E-state index in [1.165, 1.54) is 16.0 Å². The molecule has 2 aromatic carbocycles. The second-order valence-electron chi connectivity index (χ2n) is 4.49. The molecule has 20 heavy (non-hydrogen) atoms. The molecular formula is C16H19NO2S. The molecule has 3 nitrogen and oxygen atoms in total. The Labute approximate surface area is 124 Å². The zero-order valence-electron chi connectivity index (χ0n) is 12.0. The molecule has 0 aromatic heterocycles. The smallest absolute Gasteiger partial charge is 0.161 e. The van der Waals surface area contributed by atoms with Gasteiger partial charge in [0.25, 0.3) is 0 Å². The van der Waals surface area contributed by atoms with Crippen molar-refractivity contribution in [1.82, 2.24) is 0 Å². The lowest BCUT2D eigenvalue weighted by Gasteiger charge is -2.12. The van der Waals surface area contributed by atoms with E-state index in [1.54, 1.807) is 26.0 Å². The lowest BCUT2D eigenvalue weighted by atomic mass is 10.1. The second kappa shape index (κ2) is 6.57. The Morgan fingerprint density at radius 3 is 2.20 bits per heavy atom. The minimum atomic E-state index is 0.769. The molecular weight excluding hydrogens is 270 g/mol. The van der Waals surface area contributed by atoms with Crippen LogP contribution in [-0.4, -0.2) is 14.2 Å². The fourth-order valence-corrected chi connectivity index (χ4v) is 2.87. The van der Waals surface area contributed by atoms with Gasteiger partial charge in [-0.1, -0.05) is 0 Å². The van der Waals surface area contributed by atoms with E-state index < -0.39 is 0 Å². The molecule has 2 aromatic rings. The van der Waals surface area contributed by atoms with Gasteiger partial charge in [0.1, 0.15) is 0 Å². The van der Waals surface area contributed by atoms with Crippen LogP contribution in [0.25, 0.3) is 0 Å². The topological polar surface area (TPSA) is 44.5 Å². The van der Waals surface area contributed by atoms with Gasteiger partial charge in [0, 0.05) is 16.3 Å². The Bertz CT molecular complexity index is 582. The largest absolute Gasteiger partial charge is 0.493 e. The summed E-state index contributed by atoms with van der Waals surface area (Å²) in [7, 11) is 3.31. The van der Waals surface area contributed by atoms with Crippen molar-refractivity contribution >= 4 is 17.4 Å². The van der Waals surface area contributed by atoms with Gasteiger partial charge in [-0.25, -0.2) is 0 Å². The molecule has 0 aliphatic heterocycles. The second-order valence-corrected chi connectivity index (χ2v) is 5.54. The number of nitrogen functional groups attached to an aromatic ring is 1. The van der Waals surface area contributed by atoms with E-state index in [-0.39, 0.29) is 0 Å². The van der Waals surface area contributed by atoms with Gasteiger partial charge in [0.2, 0.25) is 0 Å². The summed E-state index contributed by atoms with van der Waals surface area (Å²) in [5, 5.41) is 0. The minimum absolute atomic E-state index is 0.769. The highest BCUT2D eigenvalue weighted by molar-refractivity contribution is 7.98. The fraction of sp³-hybridized carbons (Fsp3) is 0.250. The van der Waals surface area contributed by atoms with Crippen LogP contribution < -0.4 is 15.2 Å². The van der Waals surface area contributed by atoms with Crippen LogP contribution in [0.4, 0.5) is 5.69 Å². The average Bonchev–Trinajstić information content (AvgIpc) is 2.47. The van der Waals surface area contributed by atoms with Gasteiger partial charge >= 0.3 is 0 Å². The lowest BCUT2D eigenvalue weighted by molar-refractivity contribution is 0.354. The Balaban J connectivity index is 2.14. The predicted molar refractivity (Wildman–Crippen MR) is 84.7 cm³/mol. The minimum Gasteiger partial charge on any atom is -0.493 e. The first-order chi connectivity index (χ1) is 9.63. The van der Waals surface area contributed by atoms with Crippen molar-refractivity contribution in [2.45, 2.75) is 17.6 Å². The van der Waals surface area contributed by atoms with Crippen molar-refractivity contribution in [3.63, 3.8) is 0 Å². The Morgan fingerprint density at radius 2 is 1.60 bits per heavy atom. The van der Waals surface area contributed by atoms with Crippen LogP contribution in [0.5, 0.6) is 11.5 Å². The molecule has 0 aliphatic rings. The number of anilines is 1. The Morgan fingerprint density at radius 1 is 1.00 bits per heavy atom. The van der Waals surface area contributed by atoms with Gasteiger partial charge in [-0.3, -0.25) is 0 Å². The number of nitrogens with two attached hydrogens (primary N) is 1. The van der Waals surface area contributed by atoms with E-state index in [0.717, 1.165) is 22.9 Å². The molecule has 0 bridgehead atoms. The third-order valence-electron chi connectivity index (χ3n) is 3.12. The maximum atomic E-state index is 5.69. The number of methoxy groups -OCH3 is 2. The van der Waals surface area contributed by atoms with Gasteiger partial charge in [0.15, 0.2) is 11.5 Å². The van der Waals surface area contributed by atoms with Crippen molar-refractivity contribution in [3.8, 4) is 11.5 Å². The zero-order chi connectivity index (χ0) is 14.5. The van der Waals surface area contributed by atoms with Crippen LogP contribution in [0.3, 0.4) is 0 Å². The monoisotopic (exact) mass is 289 g/mol. The highest BCUT2D eigenvalue weighted by Gasteiger charge is 2.08. The predicted octanol–water partition coefficient (Wildman–Crippen LogP) is 3.89. The number of hydrogen-bond acceptors (Lipinski definition) is 4. The standard InChI is InChI=1S/C16H19NO2S/c1-11-8-15(18-2)16(19-3)9-12(11)10-20-14-6-4-13(17)5-7-14/h4-9H,10,17H2,1-3H3. The molecule has 0 saturated heterocycles. The number of ether oxygens (including phenoxy) is 2. The van der Waals surface area contributed by atoms with Gasteiger partial charge in [-0.05, 0) is 54.4 Å². The summed E-state index contributed by atoms with van der Waals surface area (Å²) in [6.45, 7) is 2.08. The number of aryl methyl sites for hydroxylation is 1. The van der Waals surface area contributed by atoms with Crippen LogP contribution in [0, 0.1) is 6.92 Å². The van der Waals surface area contributed by atoms with Crippen molar-refractivity contribution in [1.29, 1.82) is 0 Å². The van der Waals surface area contributed by atoms with Crippen LogP contribution in [0.15, 0.2) is 41.3 Å². The molecule has 0 radical (unpaired) electrons. The van der Waals surface area contributed by atoms with E-state index in [9.17, 15) is 0 Å². The molecule has 0 saturated carbocycles. The number of benzene rings is 2. The van der Waals surface area contributed by atoms with E-state index in [4.69, 9.17) is 15.2 Å². The first-order valence-corrected chi connectivity index (χ1v) is 7.32. The van der Waals surface area contributed by atoms with E-state index in [1.807, 2.05) is 36.4 Å². The third kappa shape index (κ3) is 3.39. The van der Waals surface area contributed by atoms with Gasteiger partial charge in [0.05, 0.1) is 14.2 Å². The molecule has 0 heterocycles. The molecule has 0 aliphatic carbocycles. The Hall–Kier alpha value is -1.81. The summed E-state index contributed by atoms with van der Waals surface area (Å²) >= 11 is 1.78. The fourth-order valence-electron chi connectivity index (χ4n) is 1.90. The normalized spacial score (nSPS) is 10.3. The van der Waals surface area contributed by atoms with E-state index in [2.05, 4.69) is 6.92 Å². The molecule has 2 N–H and O–H groups in total. The summed E-state index contributed by atoms with van der Waals surface area (Å²) in [6.07, 6.45) is 0. The summed E-state index contributed by atoms with van der Waals surface area (Å²) in [4.78, 5) is 1.20. The summed E-state index contributed by atoms with van der Waals surface area (Å²) in [5.74, 6) is 2.42. The molecule has 0 spiro atoms. The van der Waals surface area contributed by atoms with Crippen LogP contribution in [0.1, 0.15) is 11.1 Å².